The maximum atomic E-state index is 11.6. The van der Waals surface area contributed by atoms with Crippen LogP contribution in [0.2, 0.25) is 0 Å². The molecule has 0 fully saturated rings. The van der Waals surface area contributed by atoms with Gasteiger partial charge in [-0.05, 0) is 42.0 Å². The van der Waals surface area contributed by atoms with Gasteiger partial charge in [0.2, 0.25) is 0 Å². The van der Waals surface area contributed by atoms with Gasteiger partial charge in [0.05, 0.1) is 5.52 Å². The monoisotopic (exact) mass is 399 g/mol. The minimum Gasteiger partial charge on any atom is -0.489 e. The minimum atomic E-state index is -0.997. The van der Waals surface area contributed by atoms with E-state index in [1.165, 1.54) is 0 Å². The van der Waals surface area contributed by atoms with Crippen LogP contribution in [-0.4, -0.2) is 22.2 Å². The van der Waals surface area contributed by atoms with Crippen LogP contribution in [0.25, 0.3) is 10.9 Å². The fourth-order valence-corrected chi connectivity index (χ4v) is 3.14. The Morgan fingerprint density at radius 1 is 0.867 bits per heavy atom. The van der Waals surface area contributed by atoms with Crippen molar-refractivity contribution in [2.75, 3.05) is 0 Å². The van der Waals surface area contributed by atoms with Gasteiger partial charge >= 0.3 is 5.97 Å². The molecule has 5 heteroatoms. The summed E-state index contributed by atoms with van der Waals surface area (Å²) in [5, 5.41) is 10.6. The number of pyridine rings is 1. The molecule has 30 heavy (non-hydrogen) atoms. The van der Waals surface area contributed by atoms with E-state index in [4.69, 9.17) is 9.47 Å². The molecule has 1 atom stereocenters. The SMILES string of the molecule is O=C(O)C(Cc1ccc(OCc2cnc3ccccc3c2)cc1)Oc1ccccc1. The van der Waals surface area contributed by atoms with Crippen LogP contribution in [0.3, 0.4) is 0 Å². The highest BCUT2D eigenvalue weighted by molar-refractivity contribution is 5.78. The Bertz CT molecular complexity index is 1130. The third-order valence-corrected chi connectivity index (χ3v) is 4.69. The van der Waals surface area contributed by atoms with Crippen molar-refractivity contribution in [3.8, 4) is 11.5 Å². The number of hydrogen-bond donors (Lipinski definition) is 1. The molecule has 0 aliphatic carbocycles. The van der Waals surface area contributed by atoms with E-state index in [2.05, 4.69) is 11.1 Å². The normalized spacial score (nSPS) is 11.7. The fourth-order valence-electron chi connectivity index (χ4n) is 3.14. The van der Waals surface area contributed by atoms with Crippen molar-refractivity contribution in [3.63, 3.8) is 0 Å². The topological polar surface area (TPSA) is 68.7 Å². The van der Waals surface area contributed by atoms with Crippen LogP contribution in [0.5, 0.6) is 11.5 Å². The standard InChI is InChI=1S/C25H21NO4/c27-25(28)24(30-22-7-2-1-3-8-22)15-18-10-12-21(13-11-18)29-17-19-14-20-6-4-5-9-23(20)26-16-19/h1-14,16,24H,15,17H2,(H,27,28). The number of carboxylic acid groups (broad SMARTS) is 1. The summed E-state index contributed by atoms with van der Waals surface area (Å²) in [6, 6.07) is 26.4. The summed E-state index contributed by atoms with van der Waals surface area (Å²) < 4.78 is 11.5. The Hall–Kier alpha value is -3.86. The van der Waals surface area contributed by atoms with Crippen LogP contribution in [-0.2, 0) is 17.8 Å². The number of benzene rings is 3. The molecule has 0 bridgehead atoms. The Morgan fingerprint density at radius 3 is 2.37 bits per heavy atom. The Balaban J connectivity index is 1.37. The Morgan fingerprint density at radius 2 is 1.60 bits per heavy atom. The predicted molar refractivity (Wildman–Crippen MR) is 115 cm³/mol. The summed E-state index contributed by atoms with van der Waals surface area (Å²) in [6.07, 6.45) is 1.12. The van der Waals surface area contributed by atoms with E-state index in [0.29, 0.717) is 18.1 Å². The third-order valence-electron chi connectivity index (χ3n) is 4.69. The first-order valence-corrected chi connectivity index (χ1v) is 9.67. The lowest BCUT2D eigenvalue weighted by molar-refractivity contribution is -0.145. The largest absolute Gasteiger partial charge is 0.489 e. The van der Waals surface area contributed by atoms with Crippen molar-refractivity contribution in [1.29, 1.82) is 0 Å². The lowest BCUT2D eigenvalue weighted by Crippen LogP contribution is -2.29. The number of carbonyl (C=O) groups is 1. The lowest BCUT2D eigenvalue weighted by atomic mass is 10.1. The summed E-state index contributed by atoms with van der Waals surface area (Å²) in [4.78, 5) is 16.0. The van der Waals surface area contributed by atoms with Crippen LogP contribution in [0.15, 0.2) is 91.1 Å². The molecule has 4 rings (SSSR count). The number of rotatable bonds is 8. The Labute approximate surface area is 174 Å². The molecule has 0 aliphatic heterocycles. The number of ether oxygens (including phenoxy) is 2. The number of nitrogens with zero attached hydrogens (tertiary/aromatic N) is 1. The van der Waals surface area contributed by atoms with Crippen LogP contribution >= 0.6 is 0 Å². The molecule has 0 saturated heterocycles. The predicted octanol–water partition coefficient (Wildman–Crippen LogP) is 4.89. The molecule has 1 heterocycles. The molecular formula is C25H21NO4. The van der Waals surface area contributed by atoms with Gasteiger partial charge in [-0.15, -0.1) is 0 Å². The van der Waals surface area contributed by atoms with E-state index >= 15 is 0 Å². The first-order chi connectivity index (χ1) is 14.7. The summed E-state index contributed by atoms with van der Waals surface area (Å²) in [5.41, 5.74) is 2.80. The molecule has 5 nitrogen and oxygen atoms in total. The third kappa shape index (κ3) is 4.94. The van der Waals surface area contributed by atoms with Gasteiger partial charge in [0.25, 0.3) is 0 Å². The number of carboxylic acids is 1. The zero-order valence-corrected chi connectivity index (χ0v) is 16.3. The fraction of sp³-hybridized carbons (Fsp3) is 0.120. The summed E-state index contributed by atoms with van der Waals surface area (Å²) >= 11 is 0. The van der Waals surface area contributed by atoms with E-state index in [-0.39, 0.29) is 6.42 Å². The molecule has 1 aromatic heterocycles. The smallest absolute Gasteiger partial charge is 0.345 e. The van der Waals surface area contributed by atoms with Gasteiger partial charge in [-0.1, -0.05) is 48.5 Å². The summed E-state index contributed by atoms with van der Waals surface area (Å²) in [5.74, 6) is 0.250. The second-order valence-electron chi connectivity index (χ2n) is 6.93. The first-order valence-electron chi connectivity index (χ1n) is 9.67. The van der Waals surface area contributed by atoms with Gasteiger partial charge in [-0.25, -0.2) is 4.79 Å². The number of aromatic nitrogens is 1. The van der Waals surface area contributed by atoms with E-state index in [1.807, 2.05) is 72.9 Å². The summed E-state index contributed by atoms with van der Waals surface area (Å²) in [6.45, 7) is 0.409. The average molecular weight is 399 g/mol. The molecule has 0 amide bonds. The van der Waals surface area contributed by atoms with Gasteiger partial charge in [0, 0.05) is 23.6 Å². The van der Waals surface area contributed by atoms with E-state index in [9.17, 15) is 9.90 Å². The van der Waals surface area contributed by atoms with Crippen LogP contribution in [0.4, 0.5) is 0 Å². The molecule has 4 aromatic rings. The number of para-hydroxylation sites is 2. The molecule has 0 spiro atoms. The molecule has 0 saturated carbocycles. The van der Waals surface area contributed by atoms with E-state index in [1.54, 1.807) is 12.1 Å². The molecule has 0 radical (unpaired) electrons. The van der Waals surface area contributed by atoms with Crippen LogP contribution in [0.1, 0.15) is 11.1 Å². The van der Waals surface area contributed by atoms with E-state index in [0.717, 1.165) is 22.0 Å². The molecule has 3 aromatic carbocycles. The van der Waals surface area contributed by atoms with Crippen LogP contribution < -0.4 is 9.47 Å². The number of aliphatic carboxylic acids is 1. The van der Waals surface area contributed by atoms with Gasteiger partial charge in [-0.3, -0.25) is 4.98 Å². The molecule has 0 aliphatic rings. The molecule has 1 unspecified atom stereocenters. The highest BCUT2D eigenvalue weighted by Crippen LogP contribution is 2.19. The van der Waals surface area contributed by atoms with Crippen molar-refractivity contribution in [2.45, 2.75) is 19.1 Å². The van der Waals surface area contributed by atoms with Crippen molar-refractivity contribution in [2.24, 2.45) is 0 Å². The Kier molecular flexibility index (Phi) is 5.90. The van der Waals surface area contributed by atoms with Gasteiger partial charge in [0.1, 0.15) is 18.1 Å². The first kappa shape index (κ1) is 19.5. The quantitative estimate of drug-likeness (QED) is 0.457. The van der Waals surface area contributed by atoms with Crippen molar-refractivity contribution in [1.82, 2.24) is 4.98 Å². The van der Waals surface area contributed by atoms with Crippen LogP contribution in [0, 0.1) is 0 Å². The highest BCUT2D eigenvalue weighted by atomic mass is 16.5. The van der Waals surface area contributed by atoms with Crippen molar-refractivity contribution in [3.05, 3.63) is 102 Å². The van der Waals surface area contributed by atoms with Gasteiger partial charge in [0.15, 0.2) is 6.10 Å². The highest BCUT2D eigenvalue weighted by Gasteiger charge is 2.20. The number of fused-ring (bicyclic) bond motifs is 1. The lowest BCUT2D eigenvalue weighted by Gasteiger charge is -2.15. The number of hydrogen-bond acceptors (Lipinski definition) is 4. The minimum absolute atomic E-state index is 0.263. The van der Waals surface area contributed by atoms with Crippen molar-refractivity contribution < 1.29 is 19.4 Å². The van der Waals surface area contributed by atoms with Gasteiger partial charge in [-0.2, -0.15) is 0 Å². The van der Waals surface area contributed by atoms with E-state index < -0.39 is 12.1 Å². The molecule has 150 valence electrons. The molecule has 1 N–H and O–H groups in total. The maximum absolute atomic E-state index is 11.6. The zero-order valence-electron chi connectivity index (χ0n) is 16.3. The second kappa shape index (κ2) is 9.09. The zero-order chi connectivity index (χ0) is 20.8. The average Bonchev–Trinajstić information content (AvgIpc) is 2.78. The molecular weight excluding hydrogens is 378 g/mol. The maximum Gasteiger partial charge on any atom is 0.345 e. The van der Waals surface area contributed by atoms with Crippen molar-refractivity contribution >= 4 is 16.9 Å². The summed E-state index contributed by atoms with van der Waals surface area (Å²) in [7, 11) is 0. The van der Waals surface area contributed by atoms with Gasteiger partial charge < -0.3 is 14.6 Å². The second-order valence-corrected chi connectivity index (χ2v) is 6.93.